The maximum Gasteiger partial charge on any atom is 0.273 e. The molecule has 3 aromatic rings. The lowest BCUT2D eigenvalue weighted by atomic mass is 10.2. The lowest BCUT2D eigenvalue weighted by Gasteiger charge is -2.11. The van der Waals surface area contributed by atoms with Crippen molar-refractivity contribution in [3.63, 3.8) is 0 Å². The Morgan fingerprint density at radius 1 is 1.28 bits per heavy atom. The van der Waals surface area contributed by atoms with Gasteiger partial charge in [0.15, 0.2) is 10.9 Å². The van der Waals surface area contributed by atoms with Crippen molar-refractivity contribution in [3.05, 3.63) is 58.6 Å². The molecule has 150 valence electrons. The van der Waals surface area contributed by atoms with E-state index in [9.17, 15) is 4.79 Å². The molecule has 2 aromatic heterocycles. The SMILES string of the molecule is O=C(NCC1CCCO1)c1nnn(-c2ccc(Br)cc2)c1CSc1ncccn1. The summed E-state index contributed by atoms with van der Waals surface area (Å²) in [5, 5.41) is 12.0. The molecule has 0 aliphatic carbocycles. The smallest absolute Gasteiger partial charge is 0.273 e. The van der Waals surface area contributed by atoms with E-state index < -0.39 is 0 Å². The van der Waals surface area contributed by atoms with Crippen LogP contribution in [0.3, 0.4) is 0 Å². The predicted octanol–water partition coefficient (Wildman–Crippen LogP) is 3.02. The number of carbonyl (C=O) groups excluding carboxylic acids is 1. The van der Waals surface area contributed by atoms with Crippen LogP contribution in [-0.4, -0.2) is 50.1 Å². The molecule has 1 saturated heterocycles. The summed E-state index contributed by atoms with van der Waals surface area (Å²) in [5.74, 6) is 0.198. The van der Waals surface area contributed by atoms with Gasteiger partial charge in [-0.2, -0.15) is 0 Å². The number of ether oxygens (including phenoxy) is 1. The molecule has 10 heteroatoms. The summed E-state index contributed by atoms with van der Waals surface area (Å²) in [5.41, 5.74) is 1.81. The van der Waals surface area contributed by atoms with Crippen molar-refractivity contribution < 1.29 is 9.53 Å². The molecule has 0 spiro atoms. The summed E-state index contributed by atoms with van der Waals surface area (Å²) in [6.07, 6.45) is 5.43. The van der Waals surface area contributed by atoms with E-state index in [2.05, 4.69) is 41.5 Å². The van der Waals surface area contributed by atoms with Crippen molar-refractivity contribution >= 4 is 33.6 Å². The Balaban J connectivity index is 1.57. The molecule has 1 atom stereocenters. The van der Waals surface area contributed by atoms with Gasteiger partial charge in [-0.3, -0.25) is 4.79 Å². The van der Waals surface area contributed by atoms with Crippen LogP contribution < -0.4 is 5.32 Å². The standard InChI is InChI=1S/C19H19BrN6O2S/c20-13-4-6-14(7-5-13)26-16(12-29-19-21-8-2-9-22-19)17(24-25-26)18(27)23-11-15-3-1-10-28-15/h2,4-9,15H,1,3,10-12H2,(H,23,27). The van der Waals surface area contributed by atoms with Gasteiger partial charge in [0.2, 0.25) is 0 Å². The number of nitrogens with zero attached hydrogens (tertiary/aromatic N) is 5. The summed E-state index contributed by atoms with van der Waals surface area (Å²) >= 11 is 4.87. The average molecular weight is 475 g/mol. The lowest BCUT2D eigenvalue weighted by Crippen LogP contribution is -2.32. The fraction of sp³-hybridized carbons (Fsp3) is 0.316. The number of hydrogen-bond acceptors (Lipinski definition) is 7. The van der Waals surface area contributed by atoms with E-state index in [4.69, 9.17) is 4.74 Å². The molecule has 1 unspecified atom stereocenters. The van der Waals surface area contributed by atoms with Crippen molar-refractivity contribution in [1.29, 1.82) is 0 Å². The Morgan fingerprint density at radius 3 is 2.79 bits per heavy atom. The molecule has 0 saturated carbocycles. The zero-order valence-electron chi connectivity index (χ0n) is 15.5. The van der Waals surface area contributed by atoms with Gasteiger partial charge in [-0.15, -0.1) is 5.10 Å². The lowest BCUT2D eigenvalue weighted by molar-refractivity contribution is 0.0853. The minimum absolute atomic E-state index is 0.0658. The van der Waals surface area contributed by atoms with Crippen LogP contribution in [0.1, 0.15) is 29.0 Å². The minimum Gasteiger partial charge on any atom is -0.376 e. The topological polar surface area (TPSA) is 94.8 Å². The van der Waals surface area contributed by atoms with Gasteiger partial charge in [0.1, 0.15) is 0 Å². The summed E-state index contributed by atoms with van der Waals surface area (Å²) in [6, 6.07) is 9.44. The molecule has 8 nitrogen and oxygen atoms in total. The van der Waals surface area contributed by atoms with Gasteiger partial charge in [0.05, 0.1) is 17.5 Å². The molecule has 0 bridgehead atoms. The Kier molecular flexibility index (Phi) is 6.53. The van der Waals surface area contributed by atoms with Crippen LogP contribution in [0.2, 0.25) is 0 Å². The minimum atomic E-state index is -0.256. The van der Waals surface area contributed by atoms with Gasteiger partial charge in [0.25, 0.3) is 5.91 Å². The first-order valence-electron chi connectivity index (χ1n) is 9.21. The molecular weight excluding hydrogens is 456 g/mol. The van der Waals surface area contributed by atoms with Gasteiger partial charge in [-0.25, -0.2) is 14.6 Å². The first kappa shape index (κ1) is 20.0. The molecule has 1 fully saturated rings. The van der Waals surface area contributed by atoms with E-state index in [0.29, 0.717) is 28.8 Å². The summed E-state index contributed by atoms with van der Waals surface area (Å²) in [6.45, 7) is 1.22. The van der Waals surface area contributed by atoms with Crippen molar-refractivity contribution in [2.75, 3.05) is 13.2 Å². The highest BCUT2D eigenvalue weighted by Crippen LogP contribution is 2.23. The number of aromatic nitrogens is 5. The monoisotopic (exact) mass is 474 g/mol. The van der Waals surface area contributed by atoms with Gasteiger partial charge >= 0.3 is 0 Å². The largest absolute Gasteiger partial charge is 0.376 e. The van der Waals surface area contributed by atoms with Crippen LogP contribution in [0.5, 0.6) is 0 Å². The molecule has 1 N–H and O–H groups in total. The van der Waals surface area contributed by atoms with Gasteiger partial charge < -0.3 is 10.1 Å². The fourth-order valence-electron chi connectivity index (χ4n) is 2.99. The third-order valence-electron chi connectivity index (χ3n) is 4.44. The number of thioether (sulfide) groups is 1. The third kappa shape index (κ3) is 5.01. The number of halogens is 1. The zero-order valence-corrected chi connectivity index (χ0v) is 17.9. The fourth-order valence-corrected chi connectivity index (χ4v) is 4.05. The highest BCUT2D eigenvalue weighted by Gasteiger charge is 2.23. The Labute approximate surface area is 180 Å². The van der Waals surface area contributed by atoms with Crippen LogP contribution in [0.25, 0.3) is 5.69 Å². The van der Waals surface area contributed by atoms with Crippen molar-refractivity contribution in [3.8, 4) is 5.69 Å². The highest BCUT2D eigenvalue weighted by atomic mass is 79.9. The van der Waals surface area contributed by atoms with E-state index in [1.165, 1.54) is 11.8 Å². The Hall–Kier alpha value is -2.30. The first-order chi connectivity index (χ1) is 14.2. The average Bonchev–Trinajstić information content (AvgIpc) is 3.42. The van der Waals surface area contributed by atoms with Crippen LogP contribution >= 0.6 is 27.7 Å². The van der Waals surface area contributed by atoms with Crippen LogP contribution in [0.15, 0.2) is 52.4 Å². The zero-order chi connectivity index (χ0) is 20.1. The second-order valence-corrected chi connectivity index (χ2v) is 8.30. The molecule has 3 heterocycles. The Morgan fingerprint density at radius 2 is 2.07 bits per heavy atom. The van der Waals surface area contributed by atoms with E-state index in [1.54, 1.807) is 23.1 Å². The first-order valence-corrected chi connectivity index (χ1v) is 11.0. The van der Waals surface area contributed by atoms with Crippen LogP contribution in [0, 0.1) is 0 Å². The number of hydrogen-bond donors (Lipinski definition) is 1. The van der Waals surface area contributed by atoms with Gasteiger partial charge in [-0.1, -0.05) is 32.9 Å². The Bertz CT molecular complexity index is 961. The molecular formula is C19H19BrN6O2S. The molecule has 4 rings (SSSR count). The number of nitrogens with one attached hydrogen (secondary N) is 1. The van der Waals surface area contributed by atoms with Crippen molar-refractivity contribution in [2.45, 2.75) is 29.9 Å². The van der Waals surface area contributed by atoms with E-state index in [-0.39, 0.29) is 12.0 Å². The normalized spacial score (nSPS) is 16.1. The third-order valence-corrected chi connectivity index (χ3v) is 5.86. The van der Waals surface area contributed by atoms with Crippen molar-refractivity contribution in [2.24, 2.45) is 0 Å². The van der Waals surface area contributed by atoms with Crippen LogP contribution in [0.4, 0.5) is 0 Å². The molecule has 1 aliphatic heterocycles. The quantitative estimate of drug-likeness (QED) is 0.415. The summed E-state index contributed by atoms with van der Waals surface area (Å²) in [7, 11) is 0. The summed E-state index contributed by atoms with van der Waals surface area (Å²) < 4.78 is 8.23. The van der Waals surface area contributed by atoms with E-state index >= 15 is 0 Å². The molecule has 0 radical (unpaired) electrons. The molecule has 1 aromatic carbocycles. The maximum atomic E-state index is 12.8. The number of benzene rings is 1. The van der Waals surface area contributed by atoms with Crippen molar-refractivity contribution in [1.82, 2.24) is 30.3 Å². The van der Waals surface area contributed by atoms with E-state index in [1.807, 2.05) is 24.3 Å². The second kappa shape index (κ2) is 9.47. The predicted molar refractivity (Wildman–Crippen MR) is 112 cm³/mol. The molecule has 1 amide bonds. The summed E-state index contributed by atoms with van der Waals surface area (Å²) in [4.78, 5) is 21.3. The second-order valence-electron chi connectivity index (χ2n) is 6.44. The molecule has 29 heavy (non-hydrogen) atoms. The number of amides is 1. The van der Waals surface area contributed by atoms with Gasteiger partial charge in [0, 0.05) is 35.8 Å². The highest BCUT2D eigenvalue weighted by molar-refractivity contribution is 9.10. The number of rotatable bonds is 7. The molecule has 1 aliphatic rings. The van der Waals surface area contributed by atoms with Crippen LogP contribution in [-0.2, 0) is 10.5 Å². The van der Waals surface area contributed by atoms with Gasteiger partial charge in [-0.05, 0) is 43.2 Å². The number of carbonyl (C=O) groups is 1. The maximum absolute atomic E-state index is 12.8. The van der Waals surface area contributed by atoms with E-state index in [0.717, 1.165) is 29.6 Å².